The first kappa shape index (κ1) is 20.4. The molecule has 6 rings (SSSR count). The van der Waals surface area contributed by atoms with E-state index in [0.29, 0.717) is 32.5 Å². The van der Waals surface area contributed by atoms with Crippen LogP contribution < -0.4 is 5.63 Å². The molecule has 164 valence electrons. The predicted octanol–water partition coefficient (Wildman–Crippen LogP) is 6.77. The van der Waals surface area contributed by atoms with Crippen molar-refractivity contribution in [3.05, 3.63) is 98.0 Å². The number of nitro groups is 1. The second-order valence-electron chi connectivity index (χ2n) is 7.53. The van der Waals surface area contributed by atoms with Crippen LogP contribution in [-0.2, 0) is 0 Å². The molecule has 0 saturated carbocycles. The number of thiazole rings is 2. The third-order valence-corrected chi connectivity index (χ3v) is 7.31. The smallest absolute Gasteiger partial charge is 0.345 e. The number of fused-ring (bicyclic) bond motifs is 3. The zero-order valence-electron chi connectivity index (χ0n) is 17.3. The van der Waals surface area contributed by atoms with Crippen LogP contribution in [0, 0.1) is 10.1 Å². The molecule has 0 N–H and O–H groups in total. The van der Waals surface area contributed by atoms with Crippen molar-refractivity contribution < 1.29 is 9.34 Å². The first-order valence-electron chi connectivity index (χ1n) is 10.2. The molecule has 0 saturated heterocycles. The van der Waals surface area contributed by atoms with E-state index in [1.165, 1.54) is 34.8 Å². The Morgan fingerprint density at radius 3 is 2.29 bits per heavy atom. The third-order valence-electron chi connectivity index (χ3n) is 5.48. The Hall–Kier alpha value is -4.21. The van der Waals surface area contributed by atoms with E-state index in [-0.39, 0.29) is 5.69 Å². The fraction of sp³-hybridized carbons (Fsp3) is 0. The second kappa shape index (κ2) is 7.98. The number of nitrogens with zero attached hydrogens (tertiary/aromatic N) is 3. The van der Waals surface area contributed by atoms with Crippen molar-refractivity contribution in [3.63, 3.8) is 0 Å². The first-order chi connectivity index (χ1) is 16.6. The van der Waals surface area contributed by atoms with Crippen LogP contribution in [0.5, 0.6) is 0 Å². The molecule has 3 heterocycles. The lowest BCUT2D eigenvalue weighted by Crippen LogP contribution is -2.03. The number of hydrogen-bond donors (Lipinski definition) is 0. The fourth-order valence-electron chi connectivity index (χ4n) is 3.80. The van der Waals surface area contributed by atoms with Gasteiger partial charge in [0.2, 0.25) is 0 Å². The average Bonchev–Trinajstić information content (AvgIpc) is 3.54. The molecule has 0 atom stereocenters. The maximum absolute atomic E-state index is 12.7. The summed E-state index contributed by atoms with van der Waals surface area (Å²) in [5.41, 5.74) is 2.57. The molecule has 0 aliphatic rings. The van der Waals surface area contributed by atoms with E-state index in [2.05, 4.69) is 9.97 Å². The van der Waals surface area contributed by atoms with E-state index >= 15 is 0 Å². The highest BCUT2D eigenvalue weighted by Gasteiger charge is 2.16. The highest BCUT2D eigenvalue weighted by molar-refractivity contribution is 7.20. The van der Waals surface area contributed by atoms with Gasteiger partial charge in [-0.3, -0.25) is 10.1 Å². The maximum atomic E-state index is 12.7. The van der Waals surface area contributed by atoms with Crippen LogP contribution in [0.1, 0.15) is 0 Å². The van der Waals surface area contributed by atoms with Crippen LogP contribution >= 0.6 is 22.7 Å². The minimum absolute atomic E-state index is 0.0331. The Morgan fingerprint density at radius 1 is 0.824 bits per heavy atom. The monoisotopic (exact) mass is 483 g/mol. The molecule has 9 heteroatoms. The SMILES string of the molecule is O=c1oc2ccc3ccccc3c2cc1-c1csc(-c2nc(-c3ccc([N+](=O)[O-])cc3)cs2)n1. The normalized spacial score (nSPS) is 11.3. The number of aromatic nitrogens is 2. The van der Waals surface area contributed by atoms with Crippen molar-refractivity contribution in [2.75, 3.05) is 0 Å². The summed E-state index contributed by atoms with van der Waals surface area (Å²) < 4.78 is 5.61. The summed E-state index contributed by atoms with van der Waals surface area (Å²) in [6.45, 7) is 0. The summed E-state index contributed by atoms with van der Waals surface area (Å²) in [5.74, 6) is 0. The molecule has 34 heavy (non-hydrogen) atoms. The minimum Gasteiger partial charge on any atom is -0.422 e. The Labute approximate surface area is 199 Å². The molecular weight excluding hydrogens is 470 g/mol. The third kappa shape index (κ3) is 3.47. The predicted molar refractivity (Wildman–Crippen MR) is 134 cm³/mol. The molecule has 0 fully saturated rings. The first-order valence-corrected chi connectivity index (χ1v) is 11.9. The van der Waals surface area contributed by atoms with Gasteiger partial charge >= 0.3 is 5.63 Å². The van der Waals surface area contributed by atoms with Gasteiger partial charge in [-0.25, -0.2) is 14.8 Å². The molecule has 3 aromatic carbocycles. The molecule has 6 aromatic rings. The van der Waals surface area contributed by atoms with E-state index in [4.69, 9.17) is 4.42 Å². The highest BCUT2D eigenvalue weighted by atomic mass is 32.1. The van der Waals surface area contributed by atoms with Gasteiger partial charge in [0.1, 0.15) is 5.58 Å². The van der Waals surface area contributed by atoms with E-state index in [9.17, 15) is 14.9 Å². The molecule has 0 aliphatic heterocycles. The highest BCUT2D eigenvalue weighted by Crippen LogP contribution is 2.34. The Morgan fingerprint density at radius 2 is 1.53 bits per heavy atom. The lowest BCUT2D eigenvalue weighted by molar-refractivity contribution is -0.384. The van der Waals surface area contributed by atoms with E-state index in [1.807, 2.05) is 53.2 Å². The largest absolute Gasteiger partial charge is 0.422 e. The van der Waals surface area contributed by atoms with Gasteiger partial charge < -0.3 is 4.42 Å². The molecule has 0 unspecified atom stereocenters. The van der Waals surface area contributed by atoms with Crippen molar-refractivity contribution in [2.24, 2.45) is 0 Å². The minimum atomic E-state index is -0.440. The van der Waals surface area contributed by atoms with Gasteiger partial charge in [-0.05, 0) is 35.0 Å². The van der Waals surface area contributed by atoms with Gasteiger partial charge in [0.15, 0.2) is 10.0 Å². The number of nitro benzene ring substituents is 1. The van der Waals surface area contributed by atoms with Crippen molar-refractivity contribution in [3.8, 4) is 32.5 Å². The number of rotatable bonds is 4. The lowest BCUT2D eigenvalue weighted by Gasteiger charge is -2.04. The lowest BCUT2D eigenvalue weighted by atomic mass is 10.0. The molecule has 0 radical (unpaired) electrons. The topological polar surface area (TPSA) is 99.1 Å². The van der Waals surface area contributed by atoms with E-state index in [0.717, 1.165) is 21.7 Å². The summed E-state index contributed by atoms with van der Waals surface area (Å²) in [6, 6.07) is 19.8. The van der Waals surface area contributed by atoms with E-state index in [1.54, 1.807) is 12.1 Å². The second-order valence-corrected chi connectivity index (χ2v) is 9.24. The van der Waals surface area contributed by atoms with Crippen molar-refractivity contribution in [1.29, 1.82) is 0 Å². The number of non-ortho nitro benzene ring substituents is 1. The van der Waals surface area contributed by atoms with Gasteiger partial charge in [0.05, 0.1) is 21.9 Å². The zero-order valence-corrected chi connectivity index (χ0v) is 18.9. The number of benzene rings is 3. The maximum Gasteiger partial charge on any atom is 0.345 e. The van der Waals surface area contributed by atoms with Gasteiger partial charge in [-0.15, -0.1) is 22.7 Å². The van der Waals surface area contributed by atoms with Crippen LogP contribution in [0.4, 0.5) is 5.69 Å². The van der Waals surface area contributed by atoms with E-state index < -0.39 is 10.5 Å². The summed E-state index contributed by atoms with van der Waals surface area (Å²) in [7, 11) is 0. The summed E-state index contributed by atoms with van der Waals surface area (Å²) in [5, 5.41) is 18.9. The van der Waals surface area contributed by atoms with Crippen molar-refractivity contribution in [1.82, 2.24) is 9.97 Å². The van der Waals surface area contributed by atoms with Gasteiger partial charge in [0.25, 0.3) is 5.69 Å². The van der Waals surface area contributed by atoms with Gasteiger partial charge in [0, 0.05) is 33.8 Å². The summed E-state index contributed by atoms with van der Waals surface area (Å²) in [6.07, 6.45) is 0. The van der Waals surface area contributed by atoms with Gasteiger partial charge in [-0.1, -0.05) is 30.3 Å². The average molecular weight is 484 g/mol. The zero-order chi connectivity index (χ0) is 23.2. The van der Waals surface area contributed by atoms with Crippen LogP contribution in [-0.4, -0.2) is 14.9 Å². The Bertz CT molecular complexity index is 1770. The summed E-state index contributed by atoms with van der Waals surface area (Å²) in [4.78, 5) is 32.5. The molecule has 0 spiro atoms. The fourth-order valence-corrected chi connectivity index (χ4v) is 5.50. The molecular formula is C25H13N3O4S2. The van der Waals surface area contributed by atoms with Crippen LogP contribution in [0.25, 0.3) is 54.3 Å². The quantitative estimate of drug-likeness (QED) is 0.119. The Kier molecular flexibility index (Phi) is 4.79. The number of hydrogen-bond acceptors (Lipinski definition) is 8. The van der Waals surface area contributed by atoms with Crippen LogP contribution in [0.3, 0.4) is 0 Å². The summed E-state index contributed by atoms with van der Waals surface area (Å²) >= 11 is 2.82. The van der Waals surface area contributed by atoms with Crippen molar-refractivity contribution >= 4 is 50.1 Å². The Balaban J connectivity index is 1.37. The molecule has 3 aromatic heterocycles. The molecule has 0 bridgehead atoms. The standard InChI is InChI=1S/C25H13N3O4S2/c29-25-19(11-18-17-4-2-1-3-14(17)7-10-22(18)32-25)21-13-34-24(27-21)23-26-20(12-33-23)15-5-8-16(9-6-15)28(30)31/h1-13H. The van der Waals surface area contributed by atoms with Crippen LogP contribution in [0.15, 0.2) is 86.7 Å². The van der Waals surface area contributed by atoms with Crippen molar-refractivity contribution in [2.45, 2.75) is 0 Å². The van der Waals surface area contributed by atoms with Crippen LogP contribution in [0.2, 0.25) is 0 Å². The van der Waals surface area contributed by atoms with Gasteiger partial charge in [-0.2, -0.15) is 0 Å². The molecule has 7 nitrogen and oxygen atoms in total. The molecule has 0 amide bonds. The molecule has 0 aliphatic carbocycles.